The first kappa shape index (κ1) is 15.9. The third-order valence-electron chi connectivity index (χ3n) is 4.05. The number of hydrogen-bond acceptors (Lipinski definition) is 5. The second kappa shape index (κ2) is 6.07. The highest BCUT2D eigenvalue weighted by molar-refractivity contribution is 5.84. The molecule has 8 heteroatoms. The second-order valence-electron chi connectivity index (χ2n) is 5.77. The predicted molar refractivity (Wildman–Crippen MR) is 94.4 cm³/mol. The van der Waals surface area contributed by atoms with Crippen molar-refractivity contribution in [3.8, 4) is 0 Å². The Hall–Kier alpha value is -3.55. The Labute approximate surface area is 145 Å². The van der Waals surface area contributed by atoms with Crippen molar-refractivity contribution < 1.29 is 8.78 Å². The summed E-state index contributed by atoms with van der Waals surface area (Å²) in [5, 5.41) is 5.71. The molecule has 0 amide bonds. The summed E-state index contributed by atoms with van der Waals surface area (Å²) in [5.41, 5.74) is 1.56. The molecule has 0 saturated heterocycles. The van der Waals surface area contributed by atoms with Gasteiger partial charge in [-0.1, -0.05) is 6.07 Å². The van der Waals surface area contributed by atoms with Crippen molar-refractivity contribution in [1.82, 2.24) is 9.97 Å². The Morgan fingerprint density at radius 2 is 1.77 bits per heavy atom. The van der Waals surface area contributed by atoms with Crippen molar-refractivity contribution in [2.45, 2.75) is 6.54 Å². The van der Waals surface area contributed by atoms with E-state index in [-0.39, 0.29) is 17.9 Å². The molecule has 0 unspecified atom stereocenters. The largest absolute Gasteiger partial charge is 0.376 e. The third-order valence-corrected chi connectivity index (χ3v) is 4.05. The lowest BCUT2D eigenvalue weighted by atomic mass is 10.1. The number of halogens is 2. The van der Waals surface area contributed by atoms with E-state index in [0.29, 0.717) is 16.8 Å². The molecule has 3 aromatic carbocycles. The van der Waals surface area contributed by atoms with Crippen LogP contribution < -0.4 is 21.5 Å². The Bertz CT molecular complexity index is 1190. The highest BCUT2D eigenvalue weighted by atomic mass is 19.2. The Kier molecular flexibility index (Phi) is 3.72. The van der Waals surface area contributed by atoms with Crippen molar-refractivity contribution in [2.24, 2.45) is 0 Å². The average Bonchev–Trinajstić information content (AvgIpc) is 3.11. The molecule has 0 aliphatic heterocycles. The minimum absolute atomic E-state index is 0.0785. The first-order valence-corrected chi connectivity index (χ1v) is 7.74. The highest BCUT2D eigenvalue weighted by Crippen LogP contribution is 2.23. The molecule has 3 N–H and O–H groups in total. The Morgan fingerprint density at radius 1 is 0.962 bits per heavy atom. The molecule has 0 saturated carbocycles. The lowest BCUT2D eigenvalue weighted by Gasteiger charge is -2.15. The van der Waals surface area contributed by atoms with Gasteiger partial charge in [0.25, 0.3) is 10.9 Å². The van der Waals surface area contributed by atoms with Gasteiger partial charge in [0.15, 0.2) is 11.6 Å². The van der Waals surface area contributed by atoms with Gasteiger partial charge in [0.05, 0.1) is 17.4 Å². The van der Waals surface area contributed by atoms with Gasteiger partial charge in [0, 0.05) is 12.2 Å². The fourth-order valence-electron chi connectivity index (χ4n) is 2.67. The van der Waals surface area contributed by atoms with Crippen LogP contribution in [-0.2, 0) is 6.54 Å². The standard InChI is InChI=1S/C18H12F2N4O2/c19-11-3-1-9(5-12(11)20)7-21-15-16(18(26)17(15)25)24-10-2-4-13-14(6-10)23-8-22-13/h1-6,8,21,24H,7H2,(H,22,23). The van der Waals surface area contributed by atoms with E-state index in [9.17, 15) is 18.4 Å². The molecule has 1 heterocycles. The summed E-state index contributed by atoms with van der Waals surface area (Å²) >= 11 is 0. The van der Waals surface area contributed by atoms with Gasteiger partial charge in [-0.25, -0.2) is 13.8 Å². The number of rotatable bonds is 5. The maximum atomic E-state index is 13.2. The predicted octanol–water partition coefficient (Wildman–Crippen LogP) is 2.79. The summed E-state index contributed by atoms with van der Waals surface area (Å²) in [4.78, 5) is 30.8. The molecule has 4 aromatic rings. The van der Waals surface area contributed by atoms with Crippen molar-refractivity contribution in [1.29, 1.82) is 0 Å². The van der Waals surface area contributed by atoms with Crippen molar-refractivity contribution in [3.05, 3.63) is 80.4 Å². The molecule has 0 fully saturated rings. The SMILES string of the molecule is O=c1c(NCc2ccc(F)c(F)c2)c(Nc2ccc3[nH]cnc3c2)c1=O. The van der Waals surface area contributed by atoms with Gasteiger partial charge in [-0.2, -0.15) is 0 Å². The molecular weight excluding hydrogens is 342 g/mol. The summed E-state index contributed by atoms with van der Waals surface area (Å²) in [6.07, 6.45) is 1.56. The zero-order valence-corrected chi connectivity index (χ0v) is 13.3. The van der Waals surface area contributed by atoms with Gasteiger partial charge in [-0.05, 0) is 35.9 Å². The van der Waals surface area contributed by atoms with Crippen molar-refractivity contribution >= 4 is 28.1 Å². The minimum Gasteiger partial charge on any atom is -0.376 e. The normalized spacial score (nSPS) is 11.2. The van der Waals surface area contributed by atoms with Crippen LogP contribution in [0.25, 0.3) is 11.0 Å². The summed E-state index contributed by atoms with van der Waals surface area (Å²) in [6.45, 7) is 0.0785. The summed E-state index contributed by atoms with van der Waals surface area (Å²) < 4.78 is 26.2. The molecule has 26 heavy (non-hydrogen) atoms. The van der Waals surface area contributed by atoms with E-state index in [1.54, 1.807) is 24.5 Å². The van der Waals surface area contributed by atoms with Crippen LogP contribution in [0.4, 0.5) is 25.8 Å². The van der Waals surface area contributed by atoms with Gasteiger partial charge in [0.1, 0.15) is 11.4 Å². The number of nitrogens with zero attached hydrogens (tertiary/aromatic N) is 1. The molecule has 0 atom stereocenters. The molecule has 0 radical (unpaired) electrons. The van der Waals surface area contributed by atoms with E-state index in [1.807, 2.05) is 0 Å². The average molecular weight is 354 g/mol. The summed E-state index contributed by atoms with van der Waals surface area (Å²) in [6, 6.07) is 8.72. The molecule has 4 rings (SSSR count). The zero-order valence-electron chi connectivity index (χ0n) is 13.3. The fraction of sp³-hybridized carbons (Fsp3) is 0.0556. The smallest absolute Gasteiger partial charge is 0.253 e. The van der Waals surface area contributed by atoms with E-state index < -0.39 is 22.5 Å². The lowest BCUT2D eigenvalue weighted by molar-refractivity contribution is 0.507. The van der Waals surface area contributed by atoms with E-state index >= 15 is 0 Å². The van der Waals surface area contributed by atoms with Gasteiger partial charge in [0.2, 0.25) is 0 Å². The minimum atomic E-state index is -0.972. The molecule has 1 aromatic heterocycles. The number of H-pyrrole nitrogens is 1. The van der Waals surface area contributed by atoms with Crippen LogP contribution >= 0.6 is 0 Å². The van der Waals surface area contributed by atoms with Crippen LogP contribution in [0.5, 0.6) is 0 Å². The lowest BCUT2D eigenvalue weighted by Crippen LogP contribution is -2.36. The molecular formula is C18H12F2N4O2. The van der Waals surface area contributed by atoms with E-state index in [1.165, 1.54) is 6.07 Å². The highest BCUT2D eigenvalue weighted by Gasteiger charge is 2.21. The number of fused-ring (bicyclic) bond motifs is 1. The monoisotopic (exact) mass is 354 g/mol. The van der Waals surface area contributed by atoms with Crippen LogP contribution in [0.15, 0.2) is 52.3 Å². The first-order valence-electron chi connectivity index (χ1n) is 7.74. The van der Waals surface area contributed by atoms with Gasteiger partial charge < -0.3 is 15.6 Å². The van der Waals surface area contributed by atoms with Crippen molar-refractivity contribution in [3.63, 3.8) is 0 Å². The van der Waals surface area contributed by atoms with Crippen LogP contribution in [0.3, 0.4) is 0 Å². The zero-order chi connectivity index (χ0) is 18.3. The summed E-state index contributed by atoms with van der Waals surface area (Å²) in [5.74, 6) is -1.92. The van der Waals surface area contributed by atoms with Crippen molar-refractivity contribution in [2.75, 3.05) is 10.6 Å². The molecule has 6 nitrogen and oxygen atoms in total. The van der Waals surface area contributed by atoms with Crippen LogP contribution in [0.1, 0.15) is 5.56 Å². The van der Waals surface area contributed by atoms with Gasteiger partial charge in [-0.3, -0.25) is 9.59 Å². The molecule has 0 spiro atoms. The molecule has 0 aliphatic carbocycles. The summed E-state index contributed by atoms with van der Waals surface area (Å²) in [7, 11) is 0. The number of anilines is 3. The quantitative estimate of drug-likeness (QED) is 0.480. The van der Waals surface area contributed by atoms with Crippen LogP contribution in [-0.4, -0.2) is 9.97 Å². The maximum absolute atomic E-state index is 13.2. The maximum Gasteiger partial charge on any atom is 0.253 e. The van der Waals surface area contributed by atoms with Gasteiger partial charge in [-0.15, -0.1) is 0 Å². The Balaban J connectivity index is 1.54. The second-order valence-corrected chi connectivity index (χ2v) is 5.77. The molecule has 0 aliphatic rings. The van der Waals surface area contributed by atoms with Gasteiger partial charge >= 0.3 is 0 Å². The fourth-order valence-corrected chi connectivity index (χ4v) is 2.67. The molecule has 0 bridgehead atoms. The number of benzene rings is 2. The topological polar surface area (TPSA) is 86.9 Å². The van der Waals surface area contributed by atoms with E-state index in [0.717, 1.165) is 17.6 Å². The molecule has 130 valence electrons. The number of aromatic amines is 1. The third kappa shape index (κ3) is 2.71. The first-order chi connectivity index (χ1) is 12.5. The number of aromatic nitrogens is 2. The number of imidazole rings is 1. The van der Waals surface area contributed by atoms with E-state index in [4.69, 9.17) is 0 Å². The number of nitrogens with one attached hydrogen (secondary N) is 3. The Morgan fingerprint density at radius 3 is 2.58 bits per heavy atom. The number of hydrogen-bond donors (Lipinski definition) is 3. The van der Waals surface area contributed by atoms with E-state index in [2.05, 4.69) is 20.6 Å². The van der Waals surface area contributed by atoms with Crippen LogP contribution in [0.2, 0.25) is 0 Å². The van der Waals surface area contributed by atoms with Crippen LogP contribution in [0, 0.1) is 11.6 Å².